The van der Waals surface area contributed by atoms with Crippen LogP contribution in [0, 0.1) is 0 Å². The first-order chi connectivity index (χ1) is 5.24. The second kappa shape index (κ2) is 3.70. The maximum atomic E-state index is 10.9. The first-order valence-corrected chi connectivity index (χ1v) is 5.96. The number of carbonyl (C=O) groups excluding carboxylic acids is 1. The number of hydrogen-bond donors (Lipinski definition) is 0. The Hall–Kier alpha value is -0.591. The predicted octanol–water partition coefficient (Wildman–Crippen LogP) is 1.27. The van der Waals surface area contributed by atoms with Crippen LogP contribution in [-0.2, 0) is 0 Å². The summed E-state index contributed by atoms with van der Waals surface area (Å²) in [6, 6.07) is 7.84. The SMILES string of the molecule is C[Se]c1cccc(C(C)=O)c1. The summed E-state index contributed by atoms with van der Waals surface area (Å²) in [5, 5.41) is 0. The molecule has 0 aliphatic heterocycles. The Morgan fingerprint density at radius 1 is 1.45 bits per heavy atom. The van der Waals surface area contributed by atoms with E-state index in [9.17, 15) is 4.79 Å². The van der Waals surface area contributed by atoms with Crippen LogP contribution < -0.4 is 4.46 Å². The summed E-state index contributed by atoms with van der Waals surface area (Å²) in [5.74, 6) is 2.29. The summed E-state index contributed by atoms with van der Waals surface area (Å²) >= 11 is 0.492. The molecule has 0 heterocycles. The van der Waals surface area contributed by atoms with E-state index in [0.29, 0.717) is 15.0 Å². The van der Waals surface area contributed by atoms with E-state index >= 15 is 0 Å². The van der Waals surface area contributed by atoms with Crippen molar-refractivity contribution in [1.29, 1.82) is 0 Å². The number of hydrogen-bond acceptors (Lipinski definition) is 1. The van der Waals surface area contributed by atoms with Gasteiger partial charge in [0.2, 0.25) is 0 Å². The Balaban J connectivity index is 3.01. The van der Waals surface area contributed by atoms with Gasteiger partial charge in [0.05, 0.1) is 0 Å². The third-order valence-electron chi connectivity index (χ3n) is 1.48. The van der Waals surface area contributed by atoms with E-state index in [1.807, 2.05) is 18.2 Å². The second-order valence-corrected chi connectivity index (χ2v) is 4.13. The normalized spacial score (nSPS) is 9.64. The molecule has 0 aromatic heterocycles. The van der Waals surface area contributed by atoms with Gasteiger partial charge in [-0.2, -0.15) is 0 Å². The summed E-state index contributed by atoms with van der Waals surface area (Å²) in [7, 11) is 0. The Morgan fingerprint density at radius 2 is 2.18 bits per heavy atom. The molecule has 0 amide bonds. The summed E-state index contributed by atoms with van der Waals surface area (Å²) in [5.41, 5.74) is 0.825. The predicted molar refractivity (Wildman–Crippen MR) is 47.7 cm³/mol. The van der Waals surface area contributed by atoms with Gasteiger partial charge in [-0.1, -0.05) is 0 Å². The third kappa shape index (κ3) is 2.18. The van der Waals surface area contributed by atoms with Crippen molar-refractivity contribution >= 4 is 25.2 Å². The van der Waals surface area contributed by atoms with Crippen LogP contribution in [0.1, 0.15) is 17.3 Å². The molecule has 0 spiro atoms. The molecule has 0 saturated carbocycles. The summed E-state index contributed by atoms with van der Waals surface area (Å²) in [4.78, 5) is 10.9. The fourth-order valence-corrected chi connectivity index (χ4v) is 1.81. The van der Waals surface area contributed by atoms with E-state index < -0.39 is 0 Å². The van der Waals surface area contributed by atoms with Crippen molar-refractivity contribution in [3.8, 4) is 0 Å². The molecule has 1 aromatic rings. The van der Waals surface area contributed by atoms with Gasteiger partial charge in [-0.3, -0.25) is 0 Å². The van der Waals surface area contributed by atoms with Gasteiger partial charge in [-0.25, -0.2) is 0 Å². The van der Waals surface area contributed by atoms with E-state index in [1.165, 1.54) is 4.46 Å². The second-order valence-electron chi connectivity index (χ2n) is 2.29. The van der Waals surface area contributed by atoms with Crippen molar-refractivity contribution in [3.05, 3.63) is 29.8 Å². The Kier molecular flexibility index (Phi) is 2.86. The number of benzene rings is 1. The van der Waals surface area contributed by atoms with Crippen molar-refractivity contribution in [2.75, 3.05) is 0 Å². The molecule has 58 valence electrons. The molecule has 0 atom stereocenters. The molecular formula is C9H10OSe. The van der Waals surface area contributed by atoms with Crippen LogP contribution in [0.25, 0.3) is 0 Å². The Morgan fingerprint density at radius 3 is 2.73 bits per heavy atom. The van der Waals surface area contributed by atoms with Crippen molar-refractivity contribution in [2.45, 2.75) is 12.7 Å². The van der Waals surface area contributed by atoms with E-state index in [0.717, 1.165) is 5.56 Å². The molecule has 0 bridgehead atoms. The van der Waals surface area contributed by atoms with Crippen molar-refractivity contribution in [3.63, 3.8) is 0 Å². The van der Waals surface area contributed by atoms with Gasteiger partial charge in [-0.15, -0.1) is 0 Å². The average Bonchev–Trinajstić information content (AvgIpc) is 2.05. The zero-order valence-corrected chi connectivity index (χ0v) is 8.34. The monoisotopic (exact) mass is 214 g/mol. The van der Waals surface area contributed by atoms with Crippen LogP contribution in [0.15, 0.2) is 24.3 Å². The molecule has 0 aliphatic rings. The molecule has 1 aromatic carbocycles. The quantitative estimate of drug-likeness (QED) is 0.534. The fourth-order valence-electron chi connectivity index (χ4n) is 0.842. The van der Waals surface area contributed by atoms with E-state index in [-0.39, 0.29) is 5.78 Å². The zero-order chi connectivity index (χ0) is 8.27. The van der Waals surface area contributed by atoms with Crippen LogP contribution in [0.3, 0.4) is 0 Å². The summed E-state index contributed by atoms with van der Waals surface area (Å²) in [6.07, 6.45) is 0. The van der Waals surface area contributed by atoms with Gasteiger partial charge in [0.25, 0.3) is 0 Å². The summed E-state index contributed by atoms with van der Waals surface area (Å²) in [6.45, 7) is 1.60. The molecule has 2 heteroatoms. The van der Waals surface area contributed by atoms with E-state index in [1.54, 1.807) is 6.92 Å². The van der Waals surface area contributed by atoms with Crippen molar-refractivity contribution < 1.29 is 4.79 Å². The average molecular weight is 213 g/mol. The van der Waals surface area contributed by atoms with Crippen LogP contribution in [0.4, 0.5) is 0 Å². The van der Waals surface area contributed by atoms with Gasteiger partial charge in [0.15, 0.2) is 0 Å². The minimum atomic E-state index is 0.149. The van der Waals surface area contributed by atoms with Crippen molar-refractivity contribution in [1.82, 2.24) is 0 Å². The van der Waals surface area contributed by atoms with Gasteiger partial charge in [-0.05, 0) is 0 Å². The first kappa shape index (κ1) is 8.51. The van der Waals surface area contributed by atoms with Crippen molar-refractivity contribution in [2.24, 2.45) is 0 Å². The minimum absolute atomic E-state index is 0.149. The Bertz CT molecular complexity index is 268. The third-order valence-corrected chi connectivity index (χ3v) is 3.00. The molecule has 0 fully saturated rings. The zero-order valence-electron chi connectivity index (χ0n) is 6.63. The fraction of sp³-hybridized carbons (Fsp3) is 0.222. The van der Waals surface area contributed by atoms with Gasteiger partial charge < -0.3 is 0 Å². The molecule has 1 nitrogen and oxygen atoms in total. The van der Waals surface area contributed by atoms with Crippen LogP contribution in [0.5, 0.6) is 0 Å². The Labute approximate surface area is 73.0 Å². The number of rotatable bonds is 2. The molecule has 0 radical (unpaired) electrons. The molecule has 0 unspecified atom stereocenters. The molecule has 1 rings (SSSR count). The molecule has 0 N–H and O–H groups in total. The topological polar surface area (TPSA) is 17.1 Å². The van der Waals surface area contributed by atoms with E-state index in [4.69, 9.17) is 0 Å². The summed E-state index contributed by atoms with van der Waals surface area (Å²) < 4.78 is 1.28. The number of carbonyl (C=O) groups is 1. The van der Waals surface area contributed by atoms with E-state index in [2.05, 4.69) is 11.9 Å². The van der Waals surface area contributed by atoms with Crippen LogP contribution in [0.2, 0.25) is 5.82 Å². The van der Waals surface area contributed by atoms with Gasteiger partial charge in [0.1, 0.15) is 0 Å². The standard InChI is InChI=1S/C9H10OSe/c1-7(10)8-4-3-5-9(6-8)11-2/h3-6H,1-2H3. The first-order valence-electron chi connectivity index (χ1n) is 3.39. The van der Waals surface area contributed by atoms with Gasteiger partial charge >= 0.3 is 72.6 Å². The van der Waals surface area contributed by atoms with Crippen LogP contribution in [-0.4, -0.2) is 20.7 Å². The molecular weight excluding hydrogens is 203 g/mol. The molecule has 0 saturated heterocycles. The number of ketones is 1. The van der Waals surface area contributed by atoms with Crippen LogP contribution >= 0.6 is 0 Å². The molecule has 0 aliphatic carbocycles. The maximum absolute atomic E-state index is 10.9. The number of Topliss-reactive ketones (excluding diaryl/α,β-unsaturated/α-hetero) is 1. The van der Waals surface area contributed by atoms with Gasteiger partial charge in [0, 0.05) is 0 Å². The molecule has 11 heavy (non-hydrogen) atoms.